The lowest BCUT2D eigenvalue weighted by Gasteiger charge is -2.10. The van der Waals surface area contributed by atoms with Crippen LogP contribution in [0.2, 0.25) is 5.02 Å². The lowest BCUT2D eigenvalue weighted by Crippen LogP contribution is -2.18. The maximum absolute atomic E-state index is 14.6. The number of fused-ring (bicyclic) bond motifs is 1. The van der Waals surface area contributed by atoms with E-state index in [-0.39, 0.29) is 11.2 Å². The van der Waals surface area contributed by atoms with Crippen molar-refractivity contribution in [2.45, 2.75) is 13.5 Å². The van der Waals surface area contributed by atoms with Crippen molar-refractivity contribution in [3.63, 3.8) is 0 Å². The SMILES string of the molecule is Cc1c2cc(-n3ccc(OCc4ccc(Cl)cc4)cc3=O)c(F)cc2nn1C. The Bertz CT molecular complexity index is 1230. The summed E-state index contributed by atoms with van der Waals surface area (Å²) >= 11 is 5.86. The van der Waals surface area contributed by atoms with Crippen molar-refractivity contribution in [3.05, 3.63) is 87.2 Å². The Hall–Kier alpha value is -3.12. The first kappa shape index (κ1) is 18.3. The van der Waals surface area contributed by atoms with Gasteiger partial charge in [-0.3, -0.25) is 14.0 Å². The molecule has 0 saturated carbocycles. The van der Waals surface area contributed by atoms with E-state index >= 15 is 0 Å². The second kappa shape index (κ2) is 7.13. The first-order chi connectivity index (χ1) is 13.4. The topological polar surface area (TPSA) is 49.1 Å². The van der Waals surface area contributed by atoms with E-state index in [1.807, 2.05) is 19.1 Å². The van der Waals surface area contributed by atoms with Gasteiger partial charge in [0.2, 0.25) is 0 Å². The van der Waals surface area contributed by atoms with E-state index < -0.39 is 5.82 Å². The lowest BCUT2D eigenvalue weighted by atomic mass is 10.2. The van der Waals surface area contributed by atoms with Gasteiger partial charge in [-0.1, -0.05) is 23.7 Å². The summed E-state index contributed by atoms with van der Waals surface area (Å²) in [6.45, 7) is 2.20. The summed E-state index contributed by atoms with van der Waals surface area (Å²) in [5.74, 6) is -0.0993. The van der Waals surface area contributed by atoms with E-state index in [4.69, 9.17) is 16.3 Å². The number of rotatable bonds is 4. The van der Waals surface area contributed by atoms with Crippen LogP contribution >= 0.6 is 11.6 Å². The average Bonchev–Trinajstić information content (AvgIpc) is 2.94. The quantitative estimate of drug-likeness (QED) is 0.512. The predicted octanol–water partition coefficient (Wildman–Crippen LogP) is 4.40. The fourth-order valence-corrected chi connectivity index (χ4v) is 3.14. The Balaban J connectivity index is 1.63. The molecule has 28 heavy (non-hydrogen) atoms. The molecule has 7 heteroatoms. The van der Waals surface area contributed by atoms with E-state index in [9.17, 15) is 9.18 Å². The first-order valence-electron chi connectivity index (χ1n) is 8.65. The van der Waals surface area contributed by atoms with E-state index in [0.717, 1.165) is 16.6 Å². The minimum atomic E-state index is -0.512. The fraction of sp³-hybridized carbons (Fsp3) is 0.143. The number of pyridine rings is 1. The third-order valence-corrected chi connectivity index (χ3v) is 4.92. The number of hydrogen-bond donors (Lipinski definition) is 0. The monoisotopic (exact) mass is 397 g/mol. The molecule has 0 radical (unpaired) electrons. The van der Waals surface area contributed by atoms with Gasteiger partial charge in [0, 0.05) is 41.5 Å². The summed E-state index contributed by atoms with van der Waals surface area (Å²) in [5, 5.41) is 5.71. The van der Waals surface area contributed by atoms with E-state index in [1.165, 1.54) is 22.9 Å². The van der Waals surface area contributed by atoms with Gasteiger partial charge in [0.25, 0.3) is 5.56 Å². The van der Waals surface area contributed by atoms with Crippen LogP contribution in [0.25, 0.3) is 16.6 Å². The van der Waals surface area contributed by atoms with Gasteiger partial charge in [0.15, 0.2) is 0 Å². The number of aryl methyl sites for hydroxylation is 2. The molecule has 0 atom stereocenters. The average molecular weight is 398 g/mol. The molecular weight excluding hydrogens is 381 g/mol. The molecule has 0 N–H and O–H groups in total. The number of hydrogen-bond acceptors (Lipinski definition) is 3. The maximum atomic E-state index is 14.6. The Morgan fingerprint density at radius 1 is 1.14 bits per heavy atom. The molecule has 0 aliphatic heterocycles. The molecule has 0 unspecified atom stereocenters. The third kappa shape index (κ3) is 3.39. The van der Waals surface area contributed by atoms with Crippen LogP contribution in [0.4, 0.5) is 4.39 Å². The van der Waals surface area contributed by atoms with Crippen molar-refractivity contribution in [2.75, 3.05) is 0 Å². The Morgan fingerprint density at radius 2 is 1.89 bits per heavy atom. The zero-order chi connectivity index (χ0) is 19.8. The van der Waals surface area contributed by atoms with E-state index in [1.54, 1.807) is 36.0 Å². The third-order valence-electron chi connectivity index (χ3n) is 4.67. The zero-order valence-electron chi connectivity index (χ0n) is 15.3. The fourth-order valence-electron chi connectivity index (χ4n) is 3.02. The van der Waals surface area contributed by atoms with Crippen molar-refractivity contribution < 1.29 is 9.13 Å². The second-order valence-electron chi connectivity index (χ2n) is 6.52. The molecule has 2 aromatic carbocycles. The second-order valence-corrected chi connectivity index (χ2v) is 6.95. The first-order valence-corrected chi connectivity index (χ1v) is 9.03. The minimum absolute atomic E-state index is 0.179. The van der Waals surface area contributed by atoms with Gasteiger partial charge >= 0.3 is 0 Å². The molecule has 0 aliphatic carbocycles. The largest absolute Gasteiger partial charge is 0.489 e. The van der Waals surface area contributed by atoms with Crippen molar-refractivity contribution in [2.24, 2.45) is 7.05 Å². The van der Waals surface area contributed by atoms with Crippen LogP contribution in [0.1, 0.15) is 11.3 Å². The Labute approximate surface area is 165 Å². The molecule has 4 aromatic rings. The molecule has 4 rings (SSSR count). The summed E-state index contributed by atoms with van der Waals surface area (Å²) in [5.41, 5.74) is 2.17. The summed E-state index contributed by atoms with van der Waals surface area (Å²) < 4.78 is 23.2. The summed E-state index contributed by atoms with van der Waals surface area (Å²) in [6.07, 6.45) is 1.51. The van der Waals surface area contributed by atoms with E-state index in [2.05, 4.69) is 5.10 Å². The number of benzene rings is 2. The van der Waals surface area contributed by atoms with Crippen LogP contribution < -0.4 is 10.3 Å². The number of aromatic nitrogens is 3. The highest BCUT2D eigenvalue weighted by Crippen LogP contribution is 2.24. The normalized spacial score (nSPS) is 11.1. The number of ether oxygens (including phenoxy) is 1. The number of halogens is 2. The molecule has 0 spiro atoms. The van der Waals surface area contributed by atoms with Crippen LogP contribution in [0.15, 0.2) is 59.5 Å². The van der Waals surface area contributed by atoms with Crippen LogP contribution in [0, 0.1) is 12.7 Å². The Kier molecular flexibility index (Phi) is 4.65. The van der Waals surface area contributed by atoms with Gasteiger partial charge in [-0.25, -0.2) is 4.39 Å². The molecule has 2 aromatic heterocycles. The lowest BCUT2D eigenvalue weighted by molar-refractivity contribution is 0.305. The molecule has 0 saturated heterocycles. The highest BCUT2D eigenvalue weighted by molar-refractivity contribution is 6.30. The van der Waals surface area contributed by atoms with Crippen molar-refractivity contribution in [1.29, 1.82) is 0 Å². The highest BCUT2D eigenvalue weighted by Gasteiger charge is 2.13. The van der Waals surface area contributed by atoms with Gasteiger partial charge in [-0.2, -0.15) is 5.10 Å². The minimum Gasteiger partial charge on any atom is -0.489 e. The number of nitrogens with zero attached hydrogens (tertiary/aromatic N) is 3. The molecule has 0 amide bonds. The molecule has 0 bridgehead atoms. The summed E-state index contributed by atoms with van der Waals surface area (Å²) in [7, 11) is 1.80. The Morgan fingerprint density at radius 3 is 2.61 bits per heavy atom. The van der Waals surface area contributed by atoms with Crippen LogP contribution in [0.5, 0.6) is 5.75 Å². The molecule has 142 valence electrons. The molecule has 5 nitrogen and oxygen atoms in total. The van der Waals surface area contributed by atoms with Crippen LogP contribution in [0.3, 0.4) is 0 Å². The van der Waals surface area contributed by atoms with Gasteiger partial charge in [0.1, 0.15) is 18.2 Å². The van der Waals surface area contributed by atoms with Crippen molar-refractivity contribution in [1.82, 2.24) is 14.3 Å². The van der Waals surface area contributed by atoms with Crippen molar-refractivity contribution >= 4 is 22.5 Å². The van der Waals surface area contributed by atoms with Crippen LogP contribution in [-0.2, 0) is 13.7 Å². The summed E-state index contributed by atoms with van der Waals surface area (Å²) in [6, 6.07) is 13.2. The zero-order valence-corrected chi connectivity index (χ0v) is 16.1. The van der Waals surface area contributed by atoms with Crippen LogP contribution in [-0.4, -0.2) is 14.3 Å². The molecule has 2 heterocycles. The highest BCUT2D eigenvalue weighted by atomic mass is 35.5. The molecule has 0 fully saturated rings. The standard InChI is InChI=1S/C21H17ClFN3O2/c1-13-17-10-20(18(23)11-19(17)24-25(13)2)26-8-7-16(9-21(26)27)28-12-14-3-5-15(22)6-4-14/h3-11H,12H2,1-2H3. The van der Waals surface area contributed by atoms with Gasteiger partial charge in [-0.15, -0.1) is 0 Å². The van der Waals surface area contributed by atoms with Gasteiger partial charge in [-0.05, 0) is 36.8 Å². The van der Waals surface area contributed by atoms with Gasteiger partial charge < -0.3 is 4.74 Å². The molecule has 0 aliphatic rings. The van der Waals surface area contributed by atoms with E-state index in [0.29, 0.717) is 22.9 Å². The smallest absolute Gasteiger partial charge is 0.258 e. The summed E-state index contributed by atoms with van der Waals surface area (Å²) in [4.78, 5) is 12.6. The predicted molar refractivity (Wildman–Crippen MR) is 107 cm³/mol. The van der Waals surface area contributed by atoms with Gasteiger partial charge in [0.05, 0.1) is 11.2 Å². The molecular formula is C21H17ClFN3O2. The maximum Gasteiger partial charge on any atom is 0.258 e. The van der Waals surface area contributed by atoms with Crippen molar-refractivity contribution in [3.8, 4) is 11.4 Å².